The minimum atomic E-state index is -1.44. The summed E-state index contributed by atoms with van der Waals surface area (Å²) in [7, 11) is 0. The van der Waals surface area contributed by atoms with Crippen LogP contribution >= 0.6 is 11.8 Å². The van der Waals surface area contributed by atoms with Crippen LogP contribution in [0.1, 0.15) is 38.2 Å². The molecule has 1 aromatic carbocycles. The molecule has 24 heavy (non-hydrogen) atoms. The van der Waals surface area contributed by atoms with Crippen molar-refractivity contribution in [1.29, 1.82) is 0 Å². The maximum Gasteiger partial charge on any atom is 0.338 e. The van der Waals surface area contributed by atoms with E-state index >= 15 is 0 Å². The first-order chi connectivity index (χ1) is 11.6. The van der Waals surface area contributed by atoms with E-state index in [2.05, 4.69) is 0 Å². The molecule has 0 radical (unpaired) electrons. The molecular formula is C19H22F2O2S. The van der Waals surface area contributed by atoms with Crippen molar-refractivity contribution in [3.05, 3.63) is 35.9 Å². The van der Waals surface area contributed by atoms with Crippen LogP contribution in [0.3, 0.4) is 0 Å². The van der Waals surface area contributed by atoms with Crippen LogP contribution in [0.15, 0.2) is 35.2 Å². The van der Waals surface area contributed by atoms with Crippen LogP contribution in [-0.2, 0) is 9.53 Å². The molecule has 0 heterocycles. The maximum absolute atomic E-state index is 13.4. The van der Waals surface area contributed by atoms with Crippen molar-refractivity contribution in [2.24, 2.45) is 5.92 Å². The number of carbonyl (C=O) groups is 1. The second-order valence-corrected chi connectivity index (χ2v) is 7.78. The topological polar surface area (TPSA) is 26.3 Å². The monoisotopic (exact) mass is 352 g/mol. The molecule has 2 saturated carbocycles. The lowest BCUT2D eigenvalue weighted by atomic mass is 9.98. The summed E-state index contributed by atoms with van der Waals surface area (Å²) in [5.41, 5.74) is 1.15. The average molecular weight is 352 g/mol. The molecule has 0 aromatic heterocycles. The van der Waals surface area contributed by atoms with Gasteiger partial charge in [-0.05, 0) is 56.2 Å². The molecule has 1 aromatic rings. The lowest BCUT2D eigenvalue weighted by Gasteiger charge is -2.11. The standard InChI is InChI=1S/C19H22F2O2S/c1-2-23-19(22)16(9-12-10-17(20)18(21)11-12)13-3-5-14(6-4-13)24-15-7-8-15/h3-6,9,12,15,17-18H,2,7-8,10-11H2,1H3/t12-,17+,18-. The highest BCUT2D eigenvalue weighted by Crippen LogP contribution is 2.39. The molecule has 3 atom stereocenters. The molecule has 0 saturated heterocycles. The third-order valence-corrected chi connectivity index (χ3v) is 5.69. The Kier molecular flexibility index (Phi) is 5.59. The maximum atomic E-state index is 13.4. The third-order valence-electron chi connectivity index (χ3n) is 4.34. The van der Waals surface area contributed by atoms with Gasteiger partial charge < -0.3 is 4.74 Å². The van der Waals surface area contributed by atoms with Crippen LogP contribution in [-0.4, -0.2) is 30.2 Å². The summed E-state index contributed by atoms with van der Waals surface area (Å²) in [6.07, 6.45) is 1.58. The van der Waals surface area contributed by atoms with Crippen LogP contribution in [0.25, 0.3) is 5.57 Å². The van der Waals surface area contributed by atoms with Gasteiger partial charge in [0.25, 0.3) is 0 Å². The van der Waals surface area contributed by atoms with E-state index in [-0.39, 0.29) is 25.4 Å². The first kappa shape index (κ1) is 17.5. The second-order valence-electron chi connectivity index (χ2n) is 6.41. The number of ether oxygens (including phenoxy) is 1. The zero-order valence-electron chi connectivity index (χ0n) is 13.7. The van der Waals surface area contributed by atoms with E-state index in [0.29, 0.717) is 5.57 Å². The molecule has 0 unspecified atom stereocenters. The van der Waals surface area contributed by atoms with Crippen molar-refractivity contribution in [2.75, 3.05) is 6.61 Å². The number of thioether (sulfide) groups is 1. The number of esters is 1. The molecule has 5 heteroatoms. The summed E-state index contributed by atoms with van der Waals surface area (Å²) in [5, 5.41) is 0.720. The fourth-order valence-corrected chi connectivity index (χ4v) is 3.97. The number of allylic oxidation sites excluding steroid dienone is 1. The highest BCUT2D eigenvalue weighted by atomic mass is 32.2. The van der Waals surface area contributed by atoms with Crippen LogP contribution in [0.4, 0.5) is 8.78 Å². The summed E-state index contributed by atoms with van der Waals surface area (Å²) in [5.74, 6) is -0.701. The van der Waals surface area contributed by atoms with Gasteiger partial charge in [0.15, 0.2) is 0 Å². The Hall–Kier alpha value is -1.36. The number of rotatable bonds is 6. The molecular weight excluding hydrogens is 330 g/mol. The predicted octanol–water partition coefficient (Wildman–Crippen LogP) is 4.97. The Morgan fingerprint density at radius 3 is 2.38 bits per heavy atom. The van der Waals surface area contributed by atoms with E-state index < -0.39 is 18.3 Å². The first-order valence-electron chi connectivity index (χ1n) is 8.51. The number of hydrogen-bond donors (Lipinski definition) is 0. The molecule has 3 rings (SSSR count). The van der Waals surface area contributed by atoms with Crippen molar-refractivity contribution >= 4 is 23.3 Å². The van der Waals surface area contributed by atoms with E-state index in [0.717, 1.165) is 10.8 Å². The Morgan fingerprint density at radius 2 is 1.83 bits per heavy atom. The fraction of sp³-hybridized carbons (Fsp3) is 0.526. The van der Waals surface area contributed by atoms with E-state index in [1.54, 1.807) is 13.0 Å². The van der Waals surface area contributed by atoms with Crippen LogP contribution in [0, 0.1) is 5.92 Å². The van der Waals surface area contributed by atoms with Gasteiger partial charge in [-0.25, -0.2) is 13.6 Å². The number of hydrogen-bond acceptors (Lipinski definition) is 3. The molecule has 2 aliphatic carbocycles. The smallest absolute Gasteiger partial charge is 0.338 e. The Labute approximate surface area is 145 Å². The number of carbonyl (C=O) groups excluding carboxylic acids is 1. The van der Waals surface area contributed by atoms with Crippen molar-refractivity contribution < 1.29 is 18.3 Å². The Morgan fingerprint density at radius 1 is 1.21 bits per heavy atom. The van der Waals surface area contributed by atoms with Gasteiger partial charge in [0.1, 0.15) is 12.3 Å². The highest BCUT2D eigenvalue weighted by molar-refractivity contribution is 8.00. The van der Waals surface area contributed by atoms with Crippen LogP contribution in [0.2, 0.25) is 0 Å². The highest BCUT2D eigenvalue weighted by Gasteiger charge is 2.34. The van der Waals surface area contributed by atoms with Gasteiger partial charge in [0, 0.05) is 10.1 Å². The zero-order chi connectivity index (χ0) is 17.1. The Balaban J connectivity index is 1.79. The van der Waals surface area contributed by atoms with Gasteiger partial charge >= 0.3 is 5.97 Å². The quantitative estimate of drug-likeness (QED) is 0.534. The summed E-state index contributed by atoms with van der Waals surface area (Å²) in [4.78, 5) is 13.5. The van der Waals surface area contributed by atoms with Crippen molar-refractivity contribution in [3.8, 4) is 0 Å². The van der Waals surface area contributed by atoms with Gasteiger partial charge in [-0.2, -0.15) is 0 Å². The SMILES string of the molecule is CCOC(=O)C(=C[C@H]1C[C@@H](F)[C@@H](F)C1)c1ccc(SC2CC2)cc1. The average Bonchev–Trinajstić information content (AvgIpc) is 3.31. The summed E-state index contributed by atoms with van der Waals surface area (Å²) in [6, 6.07) is 7.77. The summed E-state index contributed by atoms with van der Waals surface area (Å²) in [6.45, 7) is 2.02. The van der Waals surface area contributed by atoms with Crippen molar-refractivity contribution in [1.82, 2.24) is 0 Å². The number of halogens is 2. The molecule has 2 nitrogen and oxygen atoms in total. The van der Waals surface area contributed by atoms with Crippen LogP contribution < -0.4 is 0 Å². The molecule has 0 bridgehead atoms. The molecule has 0 spiro atoms. The van der Waals surface area contributed by atoms with Crippen LogP contribution in [0.5, 0.6) is 0 Å². The molecule has 0 amide bonds. The van der Waals surface area contributed by atoms with Crippen molar-refractivity contribution in [3.63, 3.8) is 0 Å². The molecule has 0 aliphatic heterocycles. The molecule has 0 N–H and O–H groups in total. The second kappa shape index (κ2) is 7.68. The predicted molar refractivity (Wildman–Crippen MR) is 92.4 cm³/mol. The van der Waals surface area contributed by atoms with E-state index in [1.165, 1.54) is 17.7 Å². The Bertz CT molecular complexity index is 600. The van der Waals surface area contributed by atoms with Crippen molar-refractivity contribution in [2.45, 2.75) is 55.1 Å². The molecule has 2 fully saturated rings. The number of benzene rings is 1. The number of alkyl halides is 2. The largest absolute Gasteiger partial charge is 0.462 e. The van der Waals surface area contributed by atoms with Gasteiger partial charge in [-0.3, -0.25) is 0 Å². The third kappa shape index (κ3) is 4.38. The minimum absolute atomic E-state index is 0.125. The van der Waals surface area contributed by atoms with E-state index in [9.17, 15) is 13.6 Å². The molecule has 130 valence electrons. The normalized spacial score (nSPS) is 27.3. The first-order valence-corrected chi connectivity index (χ1v) is 9.39. The van der Waals surface area contributed by atoms with E-state index in [1.807, 2.05) is 36.0 Å². The molecule has 2 aliphatic rings. The van der Waals surface area contributed by atoms with Gasteiger partial charge in [0.05, 0.1) is 12.2 Å². The zero-order valence-corrected chi connectivity index (χ0v) is 14.5. The minimum Gasteiger partial charge on any atom is -0.462 e. The van der Waals surface area contributed by atoms with Gasteiger partial charge in [-0.15, -0.1) is 11.8 Å². The van der Waals surface area contributed by atoms with Gasteiger partial charge in [-0.1, -0.05) is 18.2 Å². The lowest BCUT2D eigenvalue weighted by molar-refractivity contribution is -0.136. The summed E-state index contributed by atoms with van der Waals surface area (Å²) < 4.78 is 32.0. The lowest BCUT2D eigenvalue weighted by Crippen LogP contribution is -2.08. The van der Waals surface area contributed by atoms with E-state index in [4.69, 9.17) is 4.74 Å². The fourth-order valence-electron chi connectivity index (χ4n) is 2.92. The summed E-state index contributed by atoms with van der Waals surface area (Å²) >= 11 is 1.85. The van der Waals surface area contributed by atoms with Gasteiger partial charge in [0.2, 0.25) is 0 Å².